The lowest BCUT2D eigenvalue weighted by molar-refractivity contribution is -0.112. The highest BCUT2D eigenvalue weighted by atomic mass is 16.1. The van der Waals surface area contributed by atoms with E-state index < -0.39 is 5.91 Å². The van der Waals surface area contributed by atoms with E-state index in [9.17, 15) is 4.79 Å². The second-order valence-electron chi connectivity index (χ2n) is 4.45. The fraction of sp³-hybridized carbons (Fsp3) is 0.357. The Hall–Kier alpha value is -1.99. The number of nitrogens with zero attached hydrogens (tertiary/aromatic N) is 2. The van der Waals surface area contributed by atoms with Crippen molar-refractivity contribution in [2.75, 3.05) is 38.1 Å². The molecule has 94 valence electrons. The summed E-state index contributed by atoms with van der Waals surface area (Å²) in [4.78, 5) is 15.2. The lowest BCUT2D eigenvalue weighted by atomic mass is 10.2. The second kappa shape index (κ2) is 5.56. The third-order valence-corrected chi connectivity index (χ3v) is 3.07. The Labute approximate surface area is 107 Å². The molecule has 1 saturated heterocycles. The van der Waals surface area contributed by atoms with Crippen molar-refractivity contribution in [3.05, 3.63) is 29.8 Å². The number of hydrogen-bond donors (Lipinski definition) is 1. The van der Waals surface area contributed by atoms with Crippen molar-refractivity contribution in [1.82, 2.24) is 4.90 Å². The first-order valence-corrected chi connectivity index (χ1v) is 6.00. The molecule has 2 rings (SSSR count). The van der Waals surface area contributed by atoms with Crippen LogP contribution in [0.25, 0.3) is 0 Å². The van der Waals surface area contributed by atoms with Crippen molar-refractivity contribution in [1.29, 1.82) is 0 Å². The van der Waals surface area contributed by atoms with Gasteiger partial charge in [0.25, 0.3) is 5.91 Å². The first-order valence-electron chi connectivity index (χ1n) is 6.00. The summed E-state index contributed by atoms with van der Waals surface area (Å²) >= 11 is 0. The number of anilines is 1. The van der Waals surface area contributed by atoms with Crippen LogP contribution in [0.15, 0.2) is 24.3 Å². The fourth-order valence-corrected chi connectivity index (χ4v) is 1.95. The summed E-state index contributed by atoms with van der Waals surface area (Å²) in [5.74, 6) is 4.47. The van der Waals surface area contributed by atoms with Gasteiger partial charge in [0.15, 0.2) is 0 Å². The highest BCUT2D eigenvalue weighted by Gasteiger charge is 2.13. The standard InChI is InChI=1S/C14H17N3O/c1-16-8-10-17(11-9-16)13-5-2-12(3-6-13)4-7-14(15)18/h2-3,5-6H,8-11H2,1H3,(H2,15,18). The van der Waals surface area contributed by atoms with E-state index in [1.54, 1.807) is 0 Å². The quantitative estimate of drug-likeness (QED) is 0.721. The normalized spacial score (nSPS) is 15.9. The molecule has 4 heteroatoms. The average molecular weight is 243 g/mol. The number of benzene rings is 1. The summed E-state index contributed by atoms with van der Waals surface area (Å²) < 4.78 is 0. The van der Waals surface area contributed by atoms with Gasteiger partial charge in [0.1, 0.15) is 0 Å². The molecule has 0 atom stereocenters. The maximum atomic E-state index is 10.6. The number of rotatable bonds is 1. The molecule has 1 fully saturated rings. The van der Waals surface area contributed by atoms with E-state index in [-0.39, 0.29) is 0 Å². The molecule has 2 N–H and O–H groups in total. The number of hydrogen-bond acceptors (Lipinski definition) is 3. The van der Waals surface area contributed by atoms with Crippen molar-refractivity contribution < 1.29 is 4.79 Å². The monoisotopic (exact) mass is 243 g/mol. The third-order valence-electron chi connectivity index (χ3n) is 3.07. The Morgan fingerprint density at radius 2 is 1.78 bits per heavy atom. The van der Waals surface area contributed by atoms with E-state index in [0.29, 0.717) is 0 Å². The van der Waals surface area contributed by atoms with Gasteiger partial charge in [-0.25, -0.2) is 0 Å². The van der Waals surface area contributed by atoms with Crippen molar-refractivity contribution in [3.63, 3.8) is 0 Å². The molecule has 18 heavy (non-hydrogen) atoms. The van der Waals surface area contributed by atoms with E-state index in [1.807, 2.05) is 24.3 Å². The first-order chi connectivity index (χ1) is 8.65. The van der Waals surface area contributed by atoms with E-state index in [4.69, 9.17) is 5.73 Å². The molecule has 0 spiro atoms. The van der Waals surface area contributed by atoms with Crippen molar-refractivity contribution >= 4 is 11.6 Å². The lowest BCUT2D eigenvalue weighted by Crippen LogP contribution is -2.44. The molecule has 1 aromatic carbocycles. The van der Waals surface area contributed by atoms with Crippen LogP contribution in [0.1, 0.15) is 5.56 Å². The minimum Gasteiger partial charge on any atom is -0.369 e. The predicted molar refractivity (Wildman–Crippen MR) is 72.2 cm³/mol. The number of nitrogens with two attached hydrogens (primary N) is 1. The topological polar surface area (TPSA) is 49.6 Å². The van der Waals surface area contributed by atoms with Crippen LogP contribution in [0.4, 0.5) is 5.69 Å². The molecule has 1 aliphatic rings. The number of likely N-dealkylation sites (N-methyl/N-ethyl adjacent to an activating group) is 1. The van der Waals surface area contributed by atoms with Gasteiger partial charge in [0, 0.05) is 37.4 Å². The molecule has 0 aliphatic carbocycles. The van der Waals surface area contributed by atoms with Crippen LogP contribution in [0.5, 0.6) is 0 Å². The van der Waals surface area contributed by atoms with Gasteiger partial charge in [-0.05, 0) is 37.2 Å². The molecule has 4 nitrogen and oxygen atoms in total. The van der Waals surface area contributed by atoms with E-state index in [2.05, 4.69) is 28.7 Å². The summed E-state index contributed by atoms with van der Waals surface area (Å²) in [5, 5.41) is 0. The van der Waals surface area contributed by atoms with Gasteiger partial charge in [-0.3, -0.25) is 4.79 Å². The smallest absolute Gasteiger partial charge is 0.293 e. The number of carbonyl (C=O) groups excluding carboxylic acids is 1. The molecular weight excluding hydrogens is 226 g/mol. The largest absolute Gasteiger partial charge is 0.369 e. The van der Waals surface area contributed by atoms with Crippen LogP contribution >= 0.6 is 0 Å². The van der Waals surface area contributed by atoms with Crippen LogP contribution in [0.2, 0.25) is 0 Å². The van der Waals surface area contributed by atoms with Gasteiger partial charge in [-0.15, -0.1) is 0 Å². The zero-order chi connectivity index (χ0) is 13.0. The molecule has 0 saturated carbocycles. The maximum absolute atomic E-state index is 10.6. The molecule has 0 radical (unpaired) electrons. The Bertz CT molecular complexity index is 476. The van der Waals surface area contributed by atoms with Crippen LogP contribution in [0, 0.1) is 11.8 Å². The molecule has 0 unspecified atom stereocenters. The number of amides is 1. The minimum atomic E-state index is -0.599. The van der Waals surface area contributed by atoms with Gasteiger partial charge >= 0.3 is 0 Å². The van der Waals surface area contributed by atoms with Crippen molar-refractivity contribution in [2.24, 2.45) is 5.73 Å². The lowest BCUT2D eigenvalue weighted by Gasteiger charge is -2.34. The molecule has 1 aromatic rings. The van der Waals surface area contributed by atoms with Crippen LogP contribution in [0.3, 0.4) is 0 Å². The molecule has 1 amide bonds. The zero-order valence-corrected chi connectivity index (χ0v) is 10.5. The molecule has 0 aromatic heterocycles. The molecule has 1 heterocycles. The van der Waals surface area contributed by atoms with Gasteiger partial charge in [-0.2, -0.15) is 0 Å². The highest BCUT2D eigenvalue weighted by molar-refractivity contribution is 5.92. The van der Waals surface area contributed by atoms with Gasteiger partial charge in [-0.1, -0.05) is 5.92 Å². The zero-order valence-electron chi connectivity index (χ0n) is 10.5. The van der Waals surface area contributed by atoms with E-state index >= 15 is 0 Å². The summed E-state index contributed by atoms with van der Waals surface area (Å²) in [6.45, 7) is 4.26. The minimum absolute atomic E-state index is 0.599. The summed E-state index contributed by atoms with van der Waals surface area (Å²) in [5.41, 5.74) is 6.99. The maximum Gasteiger partial charge on any atom is 0.293 e. The summed E-state index contributed by atoms with van der Waals surface area (Å²) in [7, 11) is 2.14. The van der Waals surface area contributed by atoms with Gasteiger partial charge in [0.2, 0.25) is 0 Å². The van der Waals surface area contributed by atoms with Crippen molar-refractivity contribution in [3.8, 4) is 11.8 Å². The number of carbonyl (C=O) groups is 1. The van der Waals surface area contributed by atoms with Crippen LogP contribution in [-0.4, -0.2) is 44.0 Å². The second-order valence-corrected chi connectivity index (χ2v) is 4.45. The Balaban J connectivity index is 2.04. The van der Waals surface area contributed by atoms with Crippen LogP contribution < -0.4 is 10.6 Å². The Morgan fingerprint density at radius 1 is 1.17 bits per heavy atom. The first kappa shape index (κ1) is 12.5. The van der Waals surface area contributed by atoms with Crippen LogP contribution in [-0.2, 0) is 4.79 Å². The molecule has 1 aliphatic heterocycles. The van der Waals surface area contributed by atoms with E-state index in [0.717, 1.165) is 31.7 Å². The summed E-state index contributed by atoms with van der Waals surface area (Å²) in [6.07, 6.45) is 0. The average Bonchev–Trinajstić information content (AvgIpc) is 2.38. The molecular formula is C14H17N3O. The Morgan fingerprint density at radius 3 is 2.33 bits per heavy atom. The van der Waals surface area contributed by atoms with Gasteiger partial charge < -0.3 is 15.5 Å². The SMILES string of the molecule is CN1CCN(c2ccc(C#CC(N)=O)cc2)CC1. The van der Waals surface area contributed by atoms with Gasteiger partial charge in [0.05, 0.1) is 0 Å². The predicted octanol–water partition coefficient (Wildman–Crippen LogP) is 0.275. The highest BCUT2D eigenvalue weighted by Crippen LogP contribution is 2.16. The number of primary amides is 1. The molecule has 0 bridgehead atoms. The third kappa shape index (κ3) is 3.25. The van der Waals surface area contributed by atoms with E-state index in [1.165, 1.54) is 5.69 Å². The number of piperazine rings is 1. The summed E-state index contributed by atoms with van der Waals surface area (Å²) in [6, 6.07) is 7.92. The van der Waals surface area contributed by atoms with Crippen molar-refractivity contribution in [2.45, 2.75) is 0 Å². The Kier molecular flexibility index (Phi) is 3.85. The fourth-order valence-electron chi connectivity index (χ4n) is 1.95.